The smallest absolute Gasteiger partial charge is 0.182 e. The molecular formula is C14H21N5O. The summed E-state index contributed by atoms with van der Waals surface area (Å²) in [4.78, 5) is 0. The number of rotatable bonds is 7. The Morgan fingerprint density at radius 3 is 2.85 bits per heavy atom. The van der Waals surface area contributed by atoms with Gasteiger partial charge in [0, 0.05) is 31.5 Å². The van der Waals surface area contributed by atoms with Crippen molar-refractivity contribution in [3.63, 3.8) is 0 Å². The summed E-state index contributed by atoms with van der Waals surface area (Å²) in [6.45, 7) is 3.60. The molecule has 6 heteroatoms. The number of anilines is 1. The molecule has 0 fully saturated rings. The molecule has 20 heavy (non-hydrogen) atoms. The summed E-state index contributed by atoms with van der Waals surface area (Å²) in [5, 5.41) is 11.9. The van der Waals surface area contributed by atoms with Crippen molar-refractivity contribution in [3.8, 4) is 11.4 Å². The Bertz CT molecular complexity index is 552. The van der Waals surface area contributed by atoms with Gasteiger partial charge in [-0.1, -0.05) is 0 Å². The molecule has 0 radical (unpaired) electrons. The molecule has 0 bridgehead atoms. The summed E-state index contributed by atoms with van der Waals surface area (Å²) >= 11 is 0. The Balaban J connectivity index is 2.02. The number of benzene rings is 1. The van der Waals surface area contributed by atoms with Crippen LogP contribution in [-0.4, -0.2) is 33.9 Å². The molecule has 1 heterocycles. The molecule has 0 aliphatic rings. The first-order valence-corrected chi connectivity index (χ1v) is 6.84. The fraction of sp³-hybridized carbons (Fsp3) is 0.500. The van der Waals surface area contributed by atoms with Gasteiger partial charge >= 0.3 is 0 Å². The lowest BCUT2D eigenvalue weighted by Crippen LogP contribution is -2.04. The predicted molar refractivity (Wildman–Crippen MR) is 78.1 cm³/mol. The van der Waals surface area contributed by atoms with E-state index >= 15 is 0 Å². The van der Waals surface area contributed by atoms with Crippen molar-refractivity contribution in [1.29, 1.82) is 0 Å². The van der Waals surface area contributed by atoms with Gasteiger partial charge in [-0.15, -0.1) is 5.10 Å². The molecule has 0 aliphatic heterocycles. The van der Waals surface area contributed by atoms with Gasteiger partial charge in [0.2, 0.25) is 0 Å². The number of tetrazole rings is 1. The molecule has 0 saturated carbocycles. The Hall–Kier alpha value is -1.95. The standard InChI is InChI=1S/C14H21N5O/c1-11-10-12(6-7-13(11)15)14-16-17-18-19(14)8-4-3-5-9-20-2/h6-7,10H,3-5,8-9,15H2,1-2H3. The van der Waals surface area contributed by atoms with E-state index in [-0.39, 0.29) is 0 Å². The molecule has 108 valence electrons. The Labute approximate surface area is 118 Å². The number of hydrogen-bond acceptors (Lipinski definition) is 5. The molecule has 0 saturated heterocycles. The lowest BCUT2D eigenvalue weighted by atomic mass is 10.1. The van der Waals surface area contributed by atoms with Gasteiger partial charge in [0.25, 0.3) is 0 Å². The molecule has 0 spiro atoms. The monoisotopic (exact) mass is 275 g/mol. The van der Waals surface area contributed by atoms with E-state index in [1.807, 2.05) is 29.8 Å². The van der Waals surface area contributed by atoms with E-state index in [4.69, 9.17) is 10.5 Å². The number of hydrogen-bond donors (Lipinski definition) is 1. The minimum Gasteiger partial charge on any atom is -0.399 e. The van der Waals surface area contributed by atoms with Gasteiger partial charge in [0.05, 0.1) is 0 Å². The first kappa shape index (κ1) is 14.5. The normalized spacial score (nSPS) is 10.9. The quantitative estimate of drug-likeness (QED) is 0.618. The third-order valence-corrected chi connectivity index (χ3v) is 3.28. The summed E-state index contributed by atoms with van der Waals surface area (Å²) in [6, 6.07) is 5.86. The molecule has 2 rings (SSSR count). The van der Waals surface area contributed by atoms with E-state index in [9.17, 15) is 0 Å². The van der Waals surface area contributed by atoms with E-state index < -0.39 is 0 Å². The second-order valence-corrected chi connectivity index (χ2v) is 4.85. The van der Waals surface area contributed by atoms with Crippen molar-refractivity contribution in [2.75, 3.05) is 19.5 Å². The highest BCUT2D eigenvalue weighted by Gasteiger charge is 2.09. The van der Waals surface area contributed by atoms with E-state index in [1.54, 1.807) is 7.11 Å². The number of unbranched alkanes of at least 4 members (excludes halogenated alkanes) is 2. The van der Waals surface area contributed by atoms with Gasteiger partial charge in [-0.25, -0.2) is 4.68 Å². The third kappa shape index (κ3) is 3.54. The summed E-state index contributed by atoms with van der Waals surface area (Å²) in [7, 11) is 1.73. The van der Waals surface area contributed by atoms with Crippen LogP contribution in [0.5, 0.6) is 0 Å². The van der Waals surface area contributed by atoms with Gasteiger partial charge in [-0.2, -0.15) is 0 Å². The number of nitrogens with zero attached hydrogens (tertiary/aromatic N) is 4. The zero-order chi connectivity index (χ0) is 14.4. The van der Waals surface area contributed by atoms with E-state index in [2.05, 4.69) is 15.5 Å². The molecule has 0 atom stereocenters. The maximum Gasteiger partial charge on any atom is 0.182 e. The zero-order valence-corrected chi connectivity index (χ0v) is 12.0. The molecule has 2 aromatic rings. The van der Waals surface area contributed by atoms with Crippen LogP contribution in [0.15, 0.2) is 18.2 Å². The van der Waals surface area contributed by atoms with Crippen LogP contribution in [0.25, 0.3) is 11.4 Å². The molecular weight excluding hydrogens is 254 g/mol. The topological polar surface area (TPSA) is 78.8 Å². The molecule has 1 aromatic carbocycles. The fourth-order valence-electron chi connectivity index (χ4n) is 2.06. The highest BCUT2D eigenvalue weighted by atomic mass is 16.5. The van der Waals surface area contributed by atoms with Crippen LogP contribution in [0.4, 0.5) is 5.69 Å². The van der Waals surface area contributed by atoms with Crippen LogP contribution in [0.3, 0.4) is 0 Å². The maximum absolute atomic E-state index is 5.84. The largest absolute Gasteiger partial charge is 0.399 e. The van der Waals surface area contributed by atoms with E-state index in [0.717, 1.165) is 55.1 Å². The highest BCUT2D eigenvalue weighted by molar-refractivity contribution is 5.61. The fourth-order valence-corrected chi connectivity index (χ4v) is 2.06. The van der Waals surface area contributed by atoms with Gasteiger partial charge in [-0.3, -0.25) is 0 Å². The van der Waals surface area contributed by atoms with E-state index in [0.29, 0.717) is 0 Å². The second kappa shape index (κ2) is 7.00. The van der Waals surface area contributed by atoms with Crippen molar-refractivity contribution in [2.24, 2.45) is 0 Å². The van der Waals surface area contributed by atoms with E-state index in [1.165, 1.54) is 0 Å². The lowest BCUT2D eigenvalue weighted by Gasteiger charge is -2.06. The van der Waals surface area contributed by atoms with Crippen molar-refractivity contribution in [1.82, 2.24) is 20.2 Å². The van der Waals surface area contributed by atoms with Gasteiger partial charge in [-0.05, 0) is 60.4 Å². The molecule has 0 unspecified atom stereocenters. The predicted octanol–water partition coefficient (Wildman–Crippen LogP) is 2.05. The summed E-state index contributed by atoms with van der Waals surface area (Å²) in [6.07, 6.45) is 3.21. The number of nitrogens with two attached hydrogens (primary N) is 1. The number of aromatic nitrogens is 4. The minimum atomic E-state index is 0.785. The summed E-state index contributed by atoms with van der Waals surface area (Å²) in [5.41, 5.74) is 8.66. The molecule has 2 N–H and O–H groups in total. The average Bonchev–Trinajstić information content (AvgIpc) is 2.90. The van der Waals surface area contributed by atoms with Crippen LogP contribution < -0.4 is 5.73 Å². The zero-order valence-electron chi connectivity index (χ0n) is 12.0. The van der Waals surface area contributed by atoms with Crippen molar-refractivity contribution in [2.45, 2.75) is 32.7 Å². The summed E-state index contributed by atoms with van der Waals surface area (Å²) in [5.74, 6) is 0.792. The Kier molecular flexibility index (Phi) is 5.06. The van der Waals surface area contributed by atoms with Crippen LogP contribution in [0.2, 0.25) is 0 Å². The molecule has 6 nitrogen and oxygen atoms in total. The lowest BCUT2D eigenvalue weighted by molar-refractivity contribution is 0.191. The van der Waals surface area contributed by atoms with Crippen LogP contribution >= 0.6 is 0 Å². The van der Waals surface area contributed by atoms with Crippen LogP contribution in [0, 0.1) is 6.92 Å². The van der Waals surface area contributed by atoms with Gasteiger partial charge in [0.15, 0.2) is 5.82 Å². The van der Waals surface area contributed by atoms with Gasteiger partial charge in [0.1, 0.15) is 0 Å². The first-order valence-electron chi connectivity index (χ1n) is 6.84. The Morgan fingerprint density at radius 1 is 1.25 bits per heavy atom. The minimum absolute atomic E-state index is 0.785. The SMILES string of the molecule is COCCCCCn1nnnc1-c1ccc(N)c(C)c1. The molecule has 0 aliphatic carbocycles. The molecule has 1 aromatic heterocycles. The highest BCUT2D eigenvalue weighted by Crippen LogP contribution is 2.21. The maximum atomic E-state index is 5.84. The van der Waals surface area contributed by atoms with Crippen molar-refractivity contribution in [3.05, 3.63) is 23.8 Å². The second-order valence-electron chi connectivity index (χ2n) is 4.85. The Morgan fingerprint density at radius 2 is 2.10 bits per heavy atom. The number of nitrogen functional groups attached to an aromatic ring is 1. The van der Waals surface area contributed by atoms with Crippen molar-refractivity contribution < 1.29 is 4.74 Å². The molecule has 0 amide bonds. The summed E-state index contributed by atoms with van der Waals surface area (Å²) < 4.78 is 6.88. The third-order valence-electron chi connectivity index (χ3n) is 3.28. The number of aryl methyl sites for hydroxylation is 2. The average molecular weight is 275 g/mol. The van der Waals surface area contributed by atoms with Gasteiger partial charge < -0.3 is 10.5 Å². The number of methoxy groups -OCH3 is 1. The van der Waals surface area contributed by atoms with Crippen LogP contribution in [-0.2, 0) is 11.3 Å². The van der Waals surface area contributed by atoms with Crippen molar-refractivity contribution >= 4 is 5.69 Å². The van der Waals surface area contributed by atoms with Crippen LogP contribution in [0.1, 0.15) is 24.8 Å². The number of ether oxygens (including phenoxy) is 1. The first-order chi connectivity index (χ1) is 9.72.